The van der Waals surface area contributed by atoms with Crippen LogP contribution in [0.1, 0.15) is 5.56 Å². The first-order valence-corrected chi connectivity index (χ1v) is 6.67. The lowest BCUT2D eigenvalue weighted by Crippen LogP contribution is -2.47. The molecule has 1 fully saturated rings. The zero-order valence-electron chi connectivity index (χ0n) is 12.1. The van der Waals surface area contributed by atoms with Gasteiger partial charge in [0.15, 0.2) is 0 Å². The summed E-state index contributed by atoms with van der Waals surface area (Å²) in [5.74, 6) is 1.96. The fourth-order valence-electron chi connectivity index (χ4n) is 2.40. The van der Waals surface area contributed by atoms with E-state index in [0.717, 1.165) is 37.7 Å². The van der Waals surface area contributed by atoms with Gasteiger partial charge in [0.2, 0.25) is 0 Å². The maximum atomic E-state index is 5.39. The minimum absolute atomic E-state index is 0.958. The molecule has 4 nitrogen and oxygen atoms in total. The van der Waals surface area contributed by atoms with Crippen LogP contribution in [0.15, 0.2) is 30.6 Å². The number of nitrogens with zero attached hydrogens (tertiary/aromatic N) is 2. The normalized spacial score (nSPS) is 15.3. The van der Waals surface area contributed by atoms with Crippen molar-refractivity contribution in [2.45, 2.75) is 6.92 Å². The van der Waals surface area contributed by atoms with Gasteiger partial charge in [0.1, 0.15) is 5.75 Å². The third kappa shape index (κ3) is 2.95. The smallest absolute Gasteiger partial charge is 0.123 e. The average molecular weight is 261 g/mol. The van der Waals surface area contributed by atoms with Gasteiger partial charge in [0.05, 0.1) is 12.9 Å². The van der Waals surface area contributed by atoms with Crippen LogP contribution in [0.5, 0.6) is 5.75 Å². The van der Waals surface area contributed by atoms with Crippen molar-refractivity contribution in [2.75, 3.05) is 45.2 Å². The molecule has 4 heteroatoms. The first-order valence-electron chi connectivity index (χ1n) is 6.67. The molecule has 0 aromatic heterocycles. The van der Waals surface area contributed by atoms with E-state index in [1.165, 1.54) is 11.3 Å². The number of hydrogen-bond acceptors (Lipinski definition) is 4. The van der Waals surface area contributed by atoms with Gasteiger partial charge in [-0.2, -0.15) is 0 Å². The molecule has 1 aliphatic rings. The molecular weight excluding hydrogens is 238 g/mol. The van der Waals surface area contributed by atoms with E-state index in [0.29, 0.717) is 0 Å². The predicted molar refractivity (Wildman–Crippen MR) is 79.7 cm³/mol. The Kier molecular flexibility index (Phi) is 4.20. The number of methoxy groups -OCH3 is 1. The lowest BCUT2D eigenvalue weighted by Gasteiger charge is -2.38. The van der Waals surface area contributed by atoms with Gasteiger partial charge in [-0.1, -0.05) is 12.6 Å². The van der Waals surface area contributed by atoms with Crippen molar-refractivity contribution in [2.24, 2.45) is 0 Å². The number of rotatable bonds is 4. The lowest BCUT2D eigenvalue weighted by molar-refractivity contribution is 0.306. The Morgan fingerprint density at radius 3 is 2.53 bits per heavy atom. The first kappa shape index (κ1) is 13.6. The van der Waals surface area contributed by atoms with Crippen molar-refractivity contribution < 1.29 is 4.74 Å². The van der Waals surface area contributed by atoms with Gasteiger partial charge in [-0.05, 0) is 18.6 Å². The van der Waals surface area contributed by atoms with Crippen LogP contribution in [0.2, 0.25) is 0 Å². The minimum Gasteiger partial charge on any atom is -0.496 e. The fourth-order valence-corrected chi connectivity index (χ4v) is 2.40. The van der Waals surface area contributed by atoms with Crippen LogP contribution in [-0.2, 0) is 0 Å². The summed E-state index contributed by atoms with van der Waals surface area (Å²) in [6, 6.07) is 6.41. The third-order valence-electron chi connectivity index (χ3n) is 3.71. The molecular formula is C15H23N3O. The van der Waals surface area contributed by atoms with E-state index < -0.39 is 0 Å². The highest BCUT2D eigenvalue weighted by Gasteiger charge is 2.18. The Morgan fingerprint density at radius 2 is 1.95 bits per heavy atom. The molecule has 0 spiro atoms. The number of benzene rings is 1. The van der Waals surface area contributed by atoms with E-state index in [1.54, 1.807) is 7.11 Å². The molecule has 0 radical (unpaired) electrons. The van der Waals surface area contributed by atoms with Crippen molar-refractivity contribution in [3.8, 4) is 5.75 Å². The molecule has 1 heterocycles. The Hall–Kier alpha value is -1.84. The van der Waals surface area contributed by atoms with E-state index in [4.69, 9.17) is 4.74 Å². The van der Waals surface area contributed by atoms with Crippen LogP contribution in [0.3, 0.4) is 0 Å². The summed E-state index contributed by atoms with van der Waals surface area (Å²) in [5.41, 5.74) is 2.41. The van der Waals surface area contributed by atoms with Crippen LogP contribution in [-0.4, -0.2) is 45.2 Å². The molecule has 19 heavy (non-hydrogen) atoms. The molecule has 1 saturated heterocycles. The Balaban J connectivity index is 2.03. The van der Waals surface area contributed by atoms with Gasteiger partial charge < -0.3 is 19.9 Å². The summed E-state index contributed by atoms with van der Waals surface area (Å²) in [5, 5.41) is 3.11. The molecule has 2 rings (SSSR count). The summed E-state index contributed by atoms with van der Waals surface area (Å²) < 4.78 is 5.39. The molecule has 1 aromatic rings. The number of nitrogens with one attached hydrogen (secondary N) is 1. The van der Waals surface area contributed by atoms with E-state index in [2.05, 4.69) is 46.8 Å². The Labute approximate surface area is 115 Å². The average Bonchev–Trinajstić information content (AvgIpc) is 2.47. The zero-order valence-corrected chi connectivity index (χ0v) is 12.1. The number of ether oxygens (including phenoxy) is 1. The van der Waals surface area contributed by atoms with Crippen molar-refractivity contribution in [3.05, 3.63) is 36.2 Å². The molecule has 1 N–H and O–H groups in total. The van der Waals surface area contributed by atoms with E-state index >= 15 is 0 Å². The van der Waals surface area contributed by atoms with E-state index in [9.17, 15) is 0 Å². The maximum Gasteiger partial charge on any atom is 0.123 e. The quantitative estimate of drug-likeness (QED) is 0.894. The maximum absolute atomic E-state index is 5.39. The topological polar surface area (TPSA) is 27.7 Å². The Morgan fingerprint density at radius 1 is 1.26 bits per heavy atom. The van der Waals surface area contributed by atoms with Gasteiger partial charge >= 0.3 is 0 Å². The molecule has 0 bridgehead atoms. The summed E-state index contributed by atoms with van der Waals surface area (Å²) in [7, 11) is 3.64. The lowest BCUT2D eigenvalue weighted by atomic mass is 10.1. The first-order chi connectivity index (χ1) is 9.15. The second-order valence-electron chi connectivity index (χ2n) is 4.82. The van der Waals surface area contributed by atoms with Crippen LogP contribution in [0, 0.1) is 6.92 Å². The second-order valence-corrected chi connectivity index (χ2v) is 4.82. The fraction of sp³-hybridized carbons (Fsp3) is 0.467. The van der Waals surface area contributed by atoms with Crippen LogP contribution >= 0.6 is 0 Å². The minimum atomic E-state index is 0.958. The van der Waals surface area contributed by atoms with Gasteiger partial charge in [-0.3, -0.25) is 0 Å². The summed E-state index contributed by atoms with van der Waals surface area (Å²) >= 11 is 0. The summed E-state index contributed by atoms with van der Waals surface area (Å²) in [6.07, 6.45) is 0. The highest BCUT2D eigenvalue weighted by Crippen LogP contribution is 2.25. The van der Waals surface area contributed by atoms with Gasteiger partial charge in [0, 0.05) is 45.0 Å². The number of anilines is 1. The molecule has 0 atom stereocenters. The van der Waals surface area contributed by atoms with Gasteiger partial charge in [-0.25, -0.2) is 0 Å². The van der Waals surface area contributed by atoms with Crippen molar-refractivity contribution in [1.82, 2.24) is 10.2 Å². The van der Waals surface area contributed by atoms with Crippen LogP contribution in [0.4, 0.5) is 5.69 Å². The van der Waals surface area contributed by atoms with Crippen molar-refractivity contribution in [3.63, 3.8) is 0 Å². The highest BCUT2D eigenvalue weighted by molar-refractivity contribution is 5.54. The molecule has 104 valence electrons. The largest absolute Gasteiger partial charge is 0.496 e. The summed E-state index contributed by atoms with van der Waals surface area (Å²) in [4.78, 5) is 4.67. The number of aryl methyl sites for hydroxylation is 1. The molecule has 1 aromatic carbocycles. The van der Waals surface area contributed by atoms with Crippen LogP contribution in [0.25, 0.3) is 0 Å². The van der Waals surface area contributed by atoms with Crippen molar-refractivity contribution in [1.29, 1.82) is 0 Å². The van der Waals surface area contributed by atoms with Gasteiger partial charge in [0.25, 0.3) is 0 Å². The van der Waals surface area contributed by atoms with Gasteiger partial charge in [-0.15, -0.1) is 0 Å². The standard InChI is InChI=1S/C15H23N3O/c1-12-5-6-14(11-15(12)19-4)18-9-7-17(8-10-18)13(2)16-3/h5-6,11,16H,2,7-10H2,1,3-4H3. The highest BCUT2D eigenvalue weighted by atomic mass is 16.5. The number of hydrogen-bond donors (Lipinski definition) is 1. The molecule has 0 saturated carbocycles. The summed E-state index contributed by atoms with van der Waals surface area (Å²) in [6.45, 7) is 10.1. The molecule has 0 unspecified atom stereocenters. The molecule has 1 aliphatic heterocycles. The Bertz CT molecular complexity index is 451. The molecule has 0 amide bonds. The SMILES string of the molecule is C=C(NC)N1CCN(c2ccc(C)c(OC)c2)CC1. The zero-order chi connectivity index (χ0) is 13.8. The monoisotopic (exact) mass is 261 g/mol. The van der Waals surface area contributed by atoms with E-state index in [1.807, 2.05) is 7.05 Å². The second kappa shape index (κ2) is 5.87. The van der Waals surface area contributed by atoms with E-state index in [-0.39, 0.29) is 0 Å². The third-order valence-corrected chi connectivity index (χ3v) is 3.71. The van der Waals surface area contributed by atoms with Crippen molar-refractivity contribution >= 4 is 5.69 Å². The number of piperazine rings is 1. The predicted octanol–water partition coefficient (Wildman–Crippen LogP) is 1.82. The van der Waals surface area contributed by atoms with Crippen LogP contribution < -0.4 is 15.0 Å². The molecule has 0 aliphatic carbocycles.